The molecule has 6 nitrogen and oxygen atoms in total. The predicted octanol–water partition coefficient (Wildman–Crippen LogP) is 4.17. The van der Waals surface area contributed by atoms with E-state index in [-0.39, 0.29) is 24.0 Å². The topological polar surface area (TPSA) is 76.7 Å². The van der Waals surface area contributed by atoms with Crippen LogP contribution >= 0.6 is 0 Å². The summed E-state index contributed by atoms with van der Waals surface area (Å²) in [4.78, 5) is 25.5. The van der Waals surface area contributed by atoms with E-state index in [1.807, 2.05) is 12.1 Å². The maximum atomic E-state index is 12.8. The minimum Gasteiger partial charge on any atom is -0.491 e. The van der Waals surface area contributed by atoms with Crippen molar-refractivity contribution in [3.63, 3.8) is 0 Å². The van der Waals surface area contributed by atoms with Crippen molar-refractivity contribution in [1.29, 1.82) is 0 Å². The Morgan fingerprint density at radius 3 is 2.60 bits per heavy atom. The quantitative estimate of drug-likeness (QED) is 0.721. The Morgan fingerprint density at radius 1 is 0.967 bits per heavy atom. The van der Waals surface area contributed by atoms with Crippen molar-refractivity contribution in [2.45, 2.75) is 50.7 Å². The molecule has 158 valence electrons. The number of nitrogens with one attached hydrogen (secondary N) is 2. The van der Waals surface area contributed by atoms with Gasteiger partial charge in [-0.3, -0.25) is 9.59 Å². The fraction of sp³-hybridized carbons (Fsp3) is 0.417. The van der Waals surface area contributed by atoms with Gasteiger partial charge >= 0.3 is 0 Å². The molecule has 4 rings (SSSR count). The molecule has 1 atom stereocenters. The number of hydrogen-bond donors (Lipinski definition) is 2. The number of para-hydroxylation sites is 1. The summed E-state index contributed by atoms with van der Waals surface area (Å²) in [5.74, 6) is 0.204. The largest absolute Gasteiger partial charge is 0.491 e. The highest BCUT2D eigenvalue weighted by atomic mass is 16.5. The van der Waals surface area contributed by atoms with Crippen LogP contribution in [0.15, 0.2) is 48.5 Å². The molecular formula is C24H28N2O4. The van der Waals surface area contributed by atoms with E-state index in [9.17, 15) is 9.59 Å². The van der Waals surface area contributed by atoms with Gasteiger partial charge in [0.2, 0.25) is 0 Å². The first-order valence-corrected chi connectivity index (χ1v) is 10.7. The number of ether oxygens (including phenoxy) is 2. The molecule has 1 heterocycles. The van der Waals surface area contributed by atoms with Gasteiger partial charge in [-0.2, -0.15) is 0 Å². The van der Waals surface area contributed by atoms with Crippen molar-refractivity contribution in [2.24, 2.45) is 0 Å². The second kappa shape index (κ2) is 9.76. The maximum absolute atomic E-state index is 12.8. The van der Waals surface area contributed by atoms with Crippen LogP contribution in [0.5, 0.6) is 5.75 Å². The molecule has 1 saturated carbocycles. The summed E-state index contributed by atoms with van der Waals surface area (Å²) in [6, 6.07) is 14.4. The Morgan fingerprint density at radius 2 is 1.80 bits per heavy atom. The van der Waals surface area contributed by atoms with Crippen molar-refractivity contribution in [3.05, 3.63) is 59.7 Å². The van der Waals surface area contributed by atoms with Crippen molar-refractivity contribution in [3.8, 4) is 5.75 Å². The van der Waals surface area contributed by atoms with Crippen molar-refractivity contribution >= 4 is 17.5 Å². The molecule has 0 spiro atoms. The molecule has 0 radical (unpaired) electrons. The van der Waals surface area contributed by atoms with Gasteiger partial charge < -0.3 is 20.1 Å². The standard InChI is InChI=1S/C24H28N2O4/c27-23(17-7-5-10-19(15-17)30-16-20-11-6-14-29-20)26-22-13-4-3-12-21(22)24(28)25-18-8-1-2-9-18/h3-5,7,10,12-13,15,18,20H,1-2,6,8-9,11,14,16H2,(H,25,28)(H,26,27). The number of hydrogen-bond acceptors (Lipinski definition) is 4. The van der Waals surface area contributed by atoms with E-state index in [0.29, 0.717) is 29.2 Å². The molecule has 1 aliphatic carbocycles. The molecule has 0 aromatic heterocycles. The molecule has 2 aromatic rings. The zero-order chi connectivity index (χ0) is 20.8. The Bertz CT molecular complexity index is 886. The van der Waals surface area contributed by atoms with Gasteiger partial charge in [0.15, 0.2) is 0 Å². The van der Waals surface area contributed by atoms with Crippen LogP contribution in [-0.2, 0) is 4.74 Å². The molecule has 2 aromatic carbocycles. The normalized spacial score (nSPS) is 18.9. The number of anilines is 1. The lowest BCUT2D eigenvalue weighted by atomic mass is 10.1. The van der Waals surface area contributed by atoms with Gasteiger partial charge in [0.1, 0.15) is 12.4 Å². The van der Waals surface area contributed by atoms with E-state index in [0.717, 1.165) is 45.1 Å². The first-order chi connectivity index (χ1) is 14.7. The second-order valence-electron chi connectivity index (χ2n) is 7.93. The molecule has 0 bridgehead atoms. The number of amides is 2. The number of carbonyl (C=O) groups is 2. The molecule has 1 unspecified atom stereocenters. The first-order valence-electron chi connectivity index (χ1n) is 10.7. The van der Waals surface area contributed by atoms with Crippen LogP contribution < -0.4 is 15.4 Å². The minimum atomic E-state index is -0.279. The Balaban J connectivity index is 1.41. The van der Waals surface area contributed by atoms with E-state index in [2.05, 4.69) is 10.6 Å². The van der Waals surface area contributed by atoms with Crippen LogP contribution in [0.1, 0.15) is 59.2 Å². The van der Waals surface area contributed by atoms with Crippen LogP contribution in [-0.4, -0.2) is 37.2 Å². The van der Waals surface area contributed by atoms with Crippen molar-refractivity contribution in [2.75, 3.05) is 18.5 Å². The highest BCUT2D eigenvalue weighted by Crippen LogP contribution is 2.22. The van der Waals surface area contributed by atoms with Gasteiger partial charge in [-0.15, -0.1) is 0 Å². The van der Waals surface area contributed by atoms with Gasteiger partial charge in [-0.25, -0.2) is 0 Å². The zero-order valence-corrected chi connectivity index (χ0v) is 17.1. The van der Waals surface area contributed by atoms with Gasteiger partial charge in [-0.1, -0.05) is 31.0 Å². The third-order valence-corrected chi connectivity index (χ3v) is 5.67. The predicted molar refractivity (Wildman–Crippen MR) is 115 cm³/mol. The SMILES string of the molecule is O=C(Nc1ccccc1C(=O)NC1CCCC1)c1cccc(OCC2CCCO2)c1. The Hall–Kier alpha value is -2.86. The molecule has 1 aliphatic heterocycles. The summed E-state index contributed by atoms with van der Waals surface area (Å²) >= 11 is 0. The summed E-state index contributed by atoms with van der Waals surface area (Å²) in [6.45, 7) is 1.26. The van der Waals surface area contributed by atoms with E-state index in [1.54, 1.807) is 36.4 Å². The summed E-state index contributed by atoms with van der Waals surface area (Å²) < 4.78 is 11.4. The summed E-state index contributed by atoms with van der Waals surface area (Å²) in [7, 11) is 0. The smallest absolute Gasteiger partial charge is 0.255 e. The third-order valence-electron chi connectivity index (χ3n) is 5.67. The molecule has 2 fully saturated rings. The zero-order valence-electron chi connectivity index (χ0n) is 17.1. The fourth-order valence-electron chi connectivity index (χ4n) is 4.01. The Kier molecular flexibility index (Phi) is 6.64. The van der Waals surface area contributed by atoms with Gasteiger partial charge in [-0.05, 0) is 56.0 Å². The summed E-state index contributed by atoms with van der Waals surface area (Å²) in [5, 5.41) is 5.96. The monoisotopic (exact) mass is 408 g/mol. The fourth-order valence-corrected chi connectivity index (χ4v) is 4.01. The van der Waals surface area contributed by atoms with E-state index < -0.39 is 0 Å². The lowest BCUT2D eigenvalue weighted by Gasteiger charge is -2.15. The first kappa shape index (κ1) is 20.4. The molecule has 30 heavy (non-hydrogen) atoms. The maximum Gasteiger partial charge on any atom is 0.255 e. The molecule has 2 amide bonds. The summed E-state index contributed by atoms with van der Waals surface area (Å²) in [5.41, 5.74) is 1.46. The van der Waals surface area contributed by atoms with Crippen molar-refractivity contribution < 1.29 is 19.1 Å². The summed E-state index contributed by atoms with van der Waals surface area (Å²) in [6.07, 6.45) is 6.50. The highest BCUT2D eigenvalue weighted by Gasteiger charge is 2.21. The number of benzene rings is 2. The highest BCUT2D eigenvalue weighted by molar-refractivity contribution is 6.09. The van der Waals surface area contributed by atoms with Gasteiger partial charge in [0.25, 0.3) is 11.8 Å². The number of carbonyl (C=O) groups excluding carboxylic acids is 2. The van der Waals surface area contributed by atoms with Crippen LogP contribution in [0.2, 0.25) is 0 Å². The Labute approximate surface area is 177 Å². The third kappa shape index (κ3) is 5.19. The molecule has 6 heteroatoms. The average Bonchev–Trinajstić information content (AvgIpc) is 3.47. The van der Waals surface area contributed by atoms with Crippen LogP contribution in [0.25, 0.3) is 0 Å². The molecule has 2 N–H and O–H groups in total. The van der Waals surface area contributed by atoms with E-state index in [4.69, 9.17) is 9.47 Å². The minimum absolute atomic E-state index is 0.118. The number of rotatable bonds is 7. The molecule has 1 saturated heterocycles. The molecule has 2 aliphatic rings. The lowest BCUT2D eigenvalue weighted by molar-refractivity contribution is 0.0679. The van der Waals surface area contributed by atoms with E-state index >= 15 is 0 Å². The average molecular weight is 408 g/mol. The van der Waals surface area contributed by atoms with Crippen LogP contribution in [0.3, 0.4) is 0 Å². The van der Waals surface area contributed by atoms with Gasteiger partial charge in [0, 0.05) is 18.2 Å². The second-order valence-corrected chi connectivity index (χ2v) is 7.93. The van der Waals surface area contributed by atoms with E-state index in [1.165, 1.54) is 0 Å². The van der Waals surface area contributed by atoms with Crippen LogP contribution in [0, 0.1) is 0 Å². The van der Waals surface area contributed by atoms with Gasteiger partial charge in [0.05, 0.1) is 17.4 Å². The van der Waals surface area contributed by atoms with Crippen LogP contribution in [0.4, 0.5) is 5.69 Å². The van der Waals surface area contributed by atoms with Crippen molar-refractivity contribution in [1.82, 2.24) is 5.32 Å². The lowest BCUT2D eigenvalue weighted by Crippen LogP contribution is -2.33. The molecular weight excluding hydrogens is 380 g/mol.